The molecule has 1 aromatic heterocycles. The van der Waals surface area contributed by atoms with Crippen molar-refractivity contribution in [1.82, 2.24) is 19.7 Å². The standard InChI is InChI=1S/C15H17FN4O3S/c16-13-4-2-1-3-12(13)14-5-6-19(7-8-24(14,22)23)15(21)9-20-11-17-10-18-20/h1-4,10-11,14H,5-9H2. The highest BCUT2D eigenvalue weighted by atomic mass is 32.2. The number of nitrogens with zero attached hydrogens (tertiary/aromatic N) is 4. The van der Waals surface area contributed by atoms with Crippen LogP contribution >= 0.6 is 0 Å². The smallest absolute Gasteiger partial charge is 0.244 e. The largest absolute Gasteiger partial charge is 0.340 e. The maximum absolute atomic E-state index is 14.0. The molecule has 128 valence electrons. The van der Waals surface area contributed by atoms with Crippen LogP contribution in [0.3, 0.4) is 0 Å². The number of hydrogen-bond donors (Lipinski definition) is 0. The Hall–Kier alpha value is -2.29. The maximum atomic E-state index is 14.0. The van der Waals surface area contributed by atoms with Crippen LogP contribution in [0.2, 0.25) is 0 Å². The molecule has 2 heterocycles. The van der Waals surface area contributed by atoms with Crippen LogP contribution in [0, 0.1) is 5.82 Å². The average molecular weight is 352 g/mol. The van der Waals surface area contributed by atoms with E-state index in [1.54, 1.807) is 6.07 Å². The number of sulfone groups is 1. The van der Waals surface area contributed by atoms with E-state index >= 15 is 0 Å². The van der Waals surface area contributed by atoms with Gasteiger partial charge in [0, 0.05) is 18.7 Å². The molecule has 0 radical (unpaired) electrons. The number of amides is 1. The molecule has 9 heteroatoms. The molecule has 0 saturated carbocycles. The summed E-state index contributed by atoms with van der Waals surface area (Å²) < 4.78 is 40.4. The Morgan fingerprint density at radius 3 is 2.79 bits per heavy atom. The number of aromatic nitrogens is 3. The topological polar surface area (TPSA) is 85.2 Å². The summed E-state index contributed by atoms with van der Waals surface area (Å²) in [5, 5.41) is 2.94. The fourth-order valence-corrected chi connectivity index (χ4v) is 4.63. The summed E-state index contributed by atoms with van der Waals surface area (Å²) in [4.78, 5) is 17.6. The molecule has 1 amide bonds. The lowest BCUT2D eigenvalue weighted by Crippen LogP contribution is -2.36. The highest BCUT2D eigenvalue weighted by molar-refractivity contribution is 7.91. The normalized spacial score (nSPS) is 20.5. The van der Waals surface area contributed by atoms with E-state index in [1.165, 1.54) is 40.4 Å². The first-order valence-corrected chi connectivity index (χ1v) is 9.25. The van der Waals surface area contributed by atoms with E-state index in [1.807, 2.05) is 0 Å². The summed E-state index contributed by atoms with van der Waals surface area (Å²) in [5.41, 5.74) is 0.170. The Morgan fingerprint density at radius 2 is 2.08 bits per heavy atom. The summed E-state index contributed by atoms with van der Waals surface area (Å²) in [6, 6.07) is 5.89. The van der Waals surface area contributed by atoms with Crippen LogP contribution in [0.5, 0.6) is 0 Å². The van der Waals surface area contributed by atoms with Gasteiger partial charge < -0.3 is 4.90 Å². The van der Waals surface area contributed by atoms with Crippen molar-refractivity contribution in [3.8, 4) is 0 Å². The van der Waals surface area contributed by atoms with Gasteiger partial charge in [0.25, 0.3) is 0 Å². The third-order valence-electron chi connectivity index (χ3n) is 4.11. The number of halogens is 1. The van der Waals surface area contributed by atoms with Crippen LogP contribution in [-0.4, -0.2) is 52.8 Å². The lowest BCUT2D eigenvalue weighted by Gasteiger charge is -2.19. The Labute approximate surface area is 139 Å². The molecular weight excluding hydrogens is 335 g/mol. The molecule has 1 aromatic carbocycles. The summed E-state index contributed by atoms with van der Waals surface area (Å²) in [6.45, 7) is 0.358. The van der Waals surface area contributed by atoms with Crippen LogP contribution in [0.1, 0.15) is 17.2 Å². The monoisotopic (exact) mass is 352 g/mol. The first-order valence-electron chi connectivity index (χ1n) is 7.53. The number of carbonyl (C=O) groups excluding carboxylic acids is 1. The predicted molar refractivity (Wildman–Crippen MR) is 84.1 cm³/mol. The number of hydrogen-bond acceptors (Lipinski definition) is 5. The van der Waals surface area contributed by atoms with E-state index in [2.05, 4.69) is 10.1 Å². The van der Waals surface area contributed by atoms with Crippen LogP contribution in [0.4, 0.5) is 4.39 Å². The molecule has 0 spiro atoms. The van der Waals surface area contributed by atoms with E-state index in [0.29, 0.717) is 0 Å². The molecule has 1 saturated heterocycles. The fourth-order valence-electron chi connectivity index (χ4n) is 2.83. The van der Waals surface area contributed by atoms with E-state index in [-0.39, 0.29) is 43.3 Å². The van der Waals surface area contributed by atoms with Crippen LogP contribution in [0.25, 0.3) is 0 Å². The Bertz CT molecular complexity index is 823. The molecule has 2 aromatic rings. The van der Waals surface area contributed by atoms with Gasteiger partial charge in [0.15, 0.2) is 9.84 Å². The van der Waals surface area contributed by atoms with Crippen molar-refractivity contribution < 1.29 is 17.6 Å². The lowest BCUT2D eigenvalue weighted by atomic mass is 10.1. The molecule has 0 bridgehead atoms. The lowest BCUT2D eigenvalue weighted by molar-refractivity contribution is -0.131. The van der Waals surface area contributed by atoms with Crippen molar-refractivity contribution in [2.45, 2.75) is 18.2 Å². The van der Waals surface area contributed by atoms with Gasteiger partial charge in [0.1, 0.15) is 25.0 Å². The number of carbonyl (C=O) groups is 1. The average Bonchev–Trinajstić information content (AvgIpc) is 2.98. The second-order valence-corrected chi connectivity index (χ2v) is 7.94. The Kier molecular flexibility index (Phi) is 4.61. The minimum atomic E-state index is -3.53. The third kappa shape index (κ3) is 3.45. The zero-order chi connectivity index (χ0) is 17.2. The first-order chi connectivity index (χ1) is 11.5. The second kappa shape index (κ2) is 6.68. The molecule has 1 aliphatic heterocycles. The fraction of sp³-hybridized carbons (Fsp3) is 0.400. The number of rotatable bonds is 3. The van der Waals surface area contributed by atoms with Gasteiger partial charge in [-0.15, -0.1) is 0 Å². The summed E-state index contributed by atoms with van der Waals surface area (Å²) in [6.07, 6.45) is 2.93. The molecule has 1 atom stereocenters. The van der Waals surface area contributed by atoms with Gasteiger partial charge in [-0.3, -0.25) is 4.79 Å². The van der Waals surface area contributed by atoms with E-state index in [0.717, 1.165) is 0 Å². The zero-order valence-electron chi connectivity index (χ0n) is 12.9. The Morgan fingerprint density at radius 1 is 1.29 bits per heavy atom. The summed E-state index contributed by atoms with van der Waals surface area (Å²) >= 11 is 0. The molecule has 1 aliphatic rings. The van der Waals surface area contributed by atoms with Gasteiger partial charge in [0.05, 0.1) is 11.0 Å². The van der Waals surface area contributed by atoms with E-state index < -0.39 is 20.9 Å². The quantitative estimate of drug-likeness (QED) is 0.816. The first kappa shape index (κ1) is 16.6. The van der Waals surface area contributed by atoms with Crippen molar-refractivity contribution in [3.63, 3.8) is 0 Å². The third-order valence-corrected chi connectivity index (χ3v) is 6.22. The van der Waals surface area contributed by atoms with Gasteiger partial charge in [0.2, 0.25) is 5.91 Å². The summed E-state index contributed by atoms with van der Waals surface area (Å²) in [7, 11) is -3.53. The second-order valence-electron chi connectivity index (χ2n) is 5.64. The SMILES string of the molecule is O=C(Cn1cncn1)N1CCC(c2ccccc2F)S(=O)(=O)CC1. The van der Waals surface area contributed by atoms with Crippen LogP contribution < -0.4 is 0 Å². The van der Waals surface area contributed by atoms with Gasteiger partial charge >= 0.3 is 0 Å². The van der Waals surface area contributed by atoms with E-state index in [4.69, 9.17) is 0 Å². The molecule has 0 aliphatic carbocycles. The molecule has 1 fully saturated rings. The van der Waals surface area contributed by atoms with E-state index in [9.17, 15) is 17.6 Å². The van der Waals surface area contributed by atoms with Crippen molar-refractivity contribution >= 4 is 15.7 Å². The van der Waals surface area contributed by atoms with Crippen molar-refractivity contribution in [2.24, 2.45) is 0 Å². The van der Waals surface area contributed by atoms with Crippen molar-refractivity contribution in [3.05, 3.63) is 48.3 Å². The molecule has 3 rings (SSSR count). The molecule has 1 unspecified atom stereocenters. The van der Waals surface area contributed by atoms with Gasteiger partial charge in [-0.05, 0) is 12.5 Å². The summed E-state index contributed by atoms with van der Waals surface area (Å²) in [5.74, 6) is -0.951. The highest BCUT2D eigenvalue weighted by Gasteiger charge is 2.34. The molecular formula is C15H17FN4O3S. The molecule has 24 heavy (non-hydrogen) atoms. The molecule has 0 N–H and O–H groups in total. The predicted octanol–water partition coefficient (Wildman–Crippen LogP) is 0.806. The van der Waals surface area contributed by atoms with Crippen LogP contribution in [0.15, 0.2) is 36.9 Å². The van der Waals surface area contributed by atoms with Gasteiger partial charge in [-0.2, -0.15) is 5.10 Å². The van der Waals surface area contributed by atoms with Crippen molar-refractivity contribution in [1.29, 1.82) is 0 Å². The minimum absolute atomic E-state index is 0.00438. The molecule has 7 nitrogen and oxygen atoms in total. The highest BCUT2D eigenvalue weighted by Crippen LogP contribution is 2.31. The zero-order valence-corrected chi connectivity index (χ0v) is 13.7. The van der Waals surface area contributed by atoms with Gasteiger partial charge in [-0.1, -0.05) is 18.2 Å². The minimum Gasteiger partial charge on any atom is -0.340 e. The van der Waals surface area contributed by atoms with Crippen LogP contribution in [-0.2, 0) is 21.2 Å². The maximum Gasteiger partial charge on any atom is 0.244 e. The van der Waals surface area contributed by atoms with Crippen molar-refractivity contribution in [2.75, 3.05) is 18.8 Å². The Balaban J connectivity index is 1.77. The van der Waals surface area contributed by atoms with Gasteiger partial charge in [-0.25, -0.2) is 22.5 Å². The number of benzene rings is 1.